The molecule has 7 nitrogen and oxygen atoms in total. The van der Waals surface area contributed by atoms with E-state index in [0.717, 1.165) is 17.7 Å². The fourth-order valence-corrected chi connectivity index (χ4v) is 2.76. The van der Waals surface area contributed by atoms with Gasteiger partial charge in [0.15, 0.2) is 10.6 Å². The third-order valence-electron chi connectivity index (χ3n) is 3.84. The van der Waals surface area contributed by atoms with Gasteiger partial charge in [-0.2, -0.15) is 5.10 Å². The molecular formula is C19H28N4O3S. The minimum Gasteiger partial charge on any atom is -0.494 e. The number of benzene rings is 1. The number of nitrogens with zero attached hydrogens (tertiary/aromatic N) is 2. The Labute approximate surface area is 165 Å². The maximum absolute atomic E-state index is 12.1. The van der Waals surface area contributed by atoms with Gasteiger partial charge in [-0.3, -0.25) is 14.5 Å². The summed E-state index contributed by atoms with van der Waals surface area (Å²) in [6.07, 6.45) is 1.35. The monoisotopic (exact) mass is 392 g/mol. The van der Waals surface area contributed by atoms with Gasteiger partial charge in [0.2, 0.25) is 5.91 Å². The highest BCUT2D eigenvalue weighted by Gasteiger charge is 2.11. The van der Waals surface area contributed by atoms with Crippen LogP contribution in [0.4, 0.5) is 0 Å². The summed E-state index contributed by atoms with van der Waals surface area (Å²) in [7, 11) is 0. The molecule has 8 heteroatoms. The topological polar surface area (TPSA) is 81.2 Å². The summed E-state index contributed by atoms with van der Waals surface area (Å²) in [5.41, 5.74) is 0.914. The summed E-state index contributed by atoms with van der Waals surface area (Å²) >= 11 is 5.31. The molecule has 0 aliphatic carbocycles. The first-order valence-electron chi connectivity index (χ1n) is 9.28. The van der Waals surface area contributed by atoms with Gasteiger partial charge in [-0.05, 0) is 63.7 Å². The number of hydrogen-bond donors (Lipinski definition) is 2. The van der Waals surface area contributed by atoms with Crippen molar-refractivity contribution in [1.29, 1.82) is 0 Å². The number of hydrogen-bond acceptors (Lipinski definition) is 5. The molecule has 0 unspecified atom stereocenters. The number of ether oxygens (including phenoxy) is 2. The van der Waals surface area contributed by atoms with Crippen molar-refractivity contribution >= 4 is 18.1 Å². The highest BCUT2D eigenvalue weighted by atomic mass is 32.1. The molecule has 2 rings (SSSR count). The van der Waals surface area contributed by atoms with Gasteiger partial charge in [0.25, 0.3) is 0 Å². The van der Waals surface area contributed by atoms with E-state index in [2.05, 4.69) is 15.5 Å². The van der Waals surface area contributed by atoms with E-state index in [4.69, 9.17) is 21.7 Å². The van der Waals surface area contributed by atoms with Gasteiger partial charge in [-0.15, -0.1) is 0 Å². The third-order valence-corrected chi connectivity index (χ3v) is 4.15. The molecule has 0 fully saturated rings. The molecule has 148 valence electrons. The lowest BCUT2D eigenvalue weighted by Gasteiger charge is -2.10. The predicted molar refractivity (Wildman–Crippen MR) is 107 cm³/mol. The van der Waals surface area contributed by atoms with Crippen LogP contribution in [0.15, 0.2) is 24.3 Å². The van der Waals surface area contributed by atoms with Crippen LogP contribution in [-0.2, 0) is 16.1 Å². The normalized spacial score (nSPS) is 11.0. The van der Waals surface area contributed by atoms with Crippen LogP contribution in [0.1, 0.15) is 33.6 Å². The highest BCUT2D eigenvalue weighted by molar-refractivity contribution is 7.71. The van der Waals surface area contributed by atoms with E-state index in [-0.39, 0.29) is 12.0 Å². The number of nitrogens with one attached hydrogen (secondary N) is 2. The van der Waals surface area contributed by atoms with Gasteiger partial charge in [0.1, 0.15) is 5.75 Å². The number of H-pyrrole nitrogens is 1. The second kappa shape index (κ2) is 10.8. The van der Waals surface area contributed by atoms with Gasteiger partial charge < -0.3 is 14.8 Å². The number of aromatic amines is 1. The minimum absolute atomic E-state index is 0.0136. The van der Waals surface area contributed by atoms with E-state index in [9.17, 15) is 4.79 Å². The summed E-state index contributed by atoms with van der Waals surface area (Å²) in [4.78, 5) is 12.1. The molecule has 0 saturated carbocycles. The van der Waals surface area contributed by atoms with Crippen molar-refractivity contribution in [3.8, 4) is 17.1 Å². The number of rotatable bonds is 11. The SMILES string of the molecule is CCOc1ccc(-c2n[nH]c(=S)n2CCC(=O)NCCCOC(C)C)cc1. The van der Waals surface area contributed by atoms with Gasteiger partial charge in [-0.25, -0.2) is 0 Å². The first-order chi connectivity index (χ1) is 13.0. The Balaban J connectivity index is 1.89. The third kappa shape index (κ3) is 6.80. The van der Waals surface area contributed by atoms with Crippen LogP contribution < -0.4 is 10.1 Å². The summed E-state index contributed by atoms with van der Waals surface area (Å²) in [6, 6.07) is 7.65. The Kier molecular flexibility index (Phi) is 8.47. The maximum Gasteiger partial charge on any atom is 0.221 e. The lowest BCUT2D eigenvalue weighted by Crippen LogP contribution is -2.26. The number of aromatic nitrogens is 3. The molecule has 0 atom stereocenters. The molecule has 0 aliphatic rings. The summed E-state index contributed by atoms with van der Waals surface area (Å²) in [6.45, 7) is 8.27. The Morgan fingerprint density at radius 3 is 2.74 bits per heavy atom. The Bertz CT molecular complexity index is 768. The van der Waals surface area contributed by atoms with E-state index in [1.807, 2.05) is 49.6 Å². The van der Waals surface area contributed by atoms with Crippen LogP contribution in [0, 0.1) is 4.77 Å². The van der Waals surface area contributed by atoms with E-state index >= 15 is 0 Å². The molecule has 27 heavy (non-hydrogen) atoms. The van der Waals surface area contributed by atoms with Crippen LogP contribution in [0.2, 0.25) is 0 Å². The summed E-state index contributed by atoms with van der Waals surface area (Å²) in [5.74, 6) is 1.50. The quantitative estimate of drug-likeness (QED) is 0.453. The molecule has 0 spiro atoms. The minimum atomic E-state index is -0.0136. The molecule has 0 bridgehead atoms. The lowest BCUT2D eigenvalue weighted by molar-refractivity contribution is -0.121. The van der Waals surface area contributed by atoms with Gasteiger partial charge >= 0.3 is 0 Å². The maximum atomic E-state index is 12.1. The first kappa shape index (κ1) is 21.1. The molecule has 2 aromatic rings. The standard InChI is InChI=1S/C19H28N4O3S/c1-4-25-16-8-6-15(7-9-16)18-21-22-19(27)23(18)12-10-17(24)20-11-5-13-26-14(2)3/h6-9,14H,4-5,10-13H2,1-3H3,(H,20,24)(H,22,27). The number of carbonyl (C=O) groups excluding carboxylic acids is 1. The van der Waals surface area contributed by atoms with E-state index < -0.39 is 0 Å². The summed E-state index contributed by atoms with van der Waals surface area (Å²) in [5, 5.41) is 10.0. The van der Waals surface area contributed by atoms with Gasteiger partial charge in [-0.1, -0.05) is 0 Å². The largest absolute Gasteiger partial charge is 0.494 e. The molecule has 1 aromatic carbocycles. The van der Waals surface area contributed by atoms with E-state index in [1.165, 1.54) is 0 Å². The Morgan fingerprint density at radius 2 is 2.07 bits per heavy atom. The van der Waals surface area contributed by atoms with Gasteiger partial charge in [0, 0.05) is 31.7 Å². The van der Waals surface area contributed by atoms with Crippen molar-refractivity contribution in [2.24, 2.45) is 0 Å². The van der Waals surface area contributed by atoms with Crippen molar-refractivity contribution in [1.82, 2.24) is 20.1 Å². The average molecular weight is 393 g/mol. The van der Waals surface area contributed by atoms with E-state index in [0.29, 0.717) is 43.3 Å². The second-order valence-electron chi connectivity index (χ2n) is 6.33. The molecule has 1 heterocycles. The van der Waals surface area contributed by atoms with Crippen LogP contribution in [0.5, 0.6) is 5.75 Å². The fraction of sp³-hybridized carbons (Fsp3) is 0.526. The zero-order valence-corrected chi connectivity index (χ0v) is 17.0. The van der Waals surface area contributed by atoms with Crippen LogP contribution >= 0.6 is 12.2 Å². The zero-order valence-electron chi connectivity index (χ0n) is 16.2. The van der Waals surface area contributed by atoms with E-state index in [1.54, 1.807) is 0 Å². The Morgan fingerprint density at radius 1 is 1.33 bits per heavy atom. The fourth-order valence-electron chi connectivity index (χ4n) is 2.53. The van der Waals surface area contributed by atoms with Crippen molar-refractivity contribution in [3.63, 3.8) is 0 Å². The second-order valence-corrected chi connectivity index (χ2v) is 6.72. The zero-order chi connectivity index (χ0) is 19.6. The van der Waals surface area contributed by atoms with Crippen LogP contribution in [0.3, 0.4) is 0 Å². The molecule has 0 radical (unpaired) electrons. The first-order valence-corrected chi connectivity index (χ1v) is 9.68. The van der Waals surface area contributed by atoms with Crippen molar-refractivity contribution in [3.05, 3.63) is 29.0 Å². The van der Waals surface area contributed by atoms with Crippen molar-refractivity contribution < 1.29 is 14.3 Å². The molecule has 1 aromatic heterocycles. The van der Waals surface area contributed by atoms with Crippen LogP contribution in [-0.4, -0.2) is 46.5 Å². The number of carbonyl (C=O) groups is 1. The molecule has 0 aliphatic heterocycles. The average Bonchev–Trinajstić information content (AvgIpc) is 3.01. The van der Waals surface area contributed by atoms with Crippen molar-refractivity contribution in [2.75, 3.05) is 19.8 Å². The molecular weight excluding hydrogens is 364 g/mol. The Hall–Kier alpha value is -2.19. The molecule has 0 saturated heterocycles. The number of amides is 1. The van der Waals surface area contributed by atoms with Crippen molar-refractivity contribution in [2.45, 2.75) is 46.3 Å². The smallest absolute Gasteiger partial charge is 0.221 e. The molecule has 1 amide bonds. The lowest BCUT2D eigenvalue weighted by atomic mass is 10.2. The van der Waals surface area contributed by atoms with Gasteiger partial charge in [0.05, 0.1) is 12.7 Å². The molecule has 2 N–H and O–H groups in total. The summed E-state index contributed by atoms with van der Waals surface area (Å²) < 4.78 is 13.3. The highest BCUT2D eigenvalue weighted by Crippen LogP contribution is 2.21. The predicted octanol–water partition coefficient (Wildman–Crippen LogP) is 3.33. The van der Waals surface area contributed by atoms with Crippen LogP contribution in [0.25, 0.3) is 11.4 Å².